The van der Waals surface area contributed by atoms with Gasteiger partial charge in [0.15, 0.2) is 0 Å². The summed E-state index contributed by atoms with van der Waals surface area (Å²) in [6.07, 6.45) is 0.594. The van der Waals surface area contributed by atoms with Crippen LogP contribution in [0.4, 0.5) is 11.9 Å². The van der Waals surface area contributed by atoms with Crippen molar-refractivity contribution in [3.05, 3.63) is 5.28 Å². The standard InChI is InChI=1S/C12H22ClN5O/c1-5-18(6-2)11-15-9(13)14-10(16-11)17-12(3,4)7-8-19/h19H,5-8H2,1-4H3,(H,14,15,16,17). The quantitative estimate of drug-likeness (QED) is 0.798. The average Bonchev–Trinajstić information content (AvgIpc) is 2.28. The minimum absolute atomic E-state index is 0.0989. The van der Waals surface area contributed by atoms with Gasteiger partial charge in [-0.2, -0.15) is 15.0 Å². The van der Waals surface area contributed by atoms with Crippen LogP contribution in [0.15, 0.2) is 0 Å². The molecule has 0 aromatic carbocycles. The Hall–Kier alpha value is -1.14. The summed E-state index contributed by atoms with van der Waals surface area (Å²) in [7, 11) is 0. The van der Waals surface area contributed by atoms with Crippen molar-refractivity contribution in [2.45, 2.75) is 39.7 Å². The van der Waals surface area contributed by atoms with Crippen LogP contribution in [0, 0.1) is 0 Å². The molecule has 108 valence electrons. The van der Waals surface area contributed by atoms with E-state index >= 15 is 0 Å². The molecule has 0 unspecified atom stereocenters. The highest BCUT2D eigenvalue weighted by molar-refractivity contribution is 6.28. The maximum absolute atomic E-state index is 9.03. The van der Waals surface area contributed by atoms with Gasteiger partial charge in [0.05, 0.1) is 0 Å². The largest absolute Gasteiger partial charge is 0.396 e. The van der Waals surface area contributed by atoms with Crippen molar-refractivity contribution in [3.63, 3.8) is 0 Å². The molecule has 0 aliphatic heterocycles. The SMILES string of the molecule is CCN(CC)c1nc(Cl)nc(NC(C)(C)CCO)n1. The number of nitrogens with zero attached hydrogens (tertiary/aromatic N) is 4. The van der Waals surface area contributed by atoms with E-state index in [4.69, 9.17) is 16.7 Å². The molecule has 0 atom stereocenters. The van der Waals surface area contributed by atoms with Gasteiger partial charge in [0, 0.05) is 25.2 Å². The number of nitrogens with one attached hydrogen (secondary N) is 1. The lowest BCUT2D eigenvalue weighted by atomic mass is 10.0. The third kappa shape index (κ3) is 4.80. The lowest BCUT2D eigenvalue weighted by Gasteiger charge is -2.26. The minimum atomic E-state index is -0.306. The second kappa shape index (κ2) is 6.86. The fourth-order valence-electron chi connectivity index (χ4n) is 1.69. The molecule has 1 rings (SSSR count). The van der Waals surface area contributed by atoms with Gasteiger partial charge in [0.2, 0.25) is 17.2 Å². The van der Waals surface area contributed by atoms with Gasteiger partial charge in [-0.05, 0) is 45.7 Å². The van der Waals surface area contributed by atoms with E-state index in [1.807, 2.05) is 32.6 Å². The number of hydrogen-bond donors (Lipinski definition) is 2. The highest BCUT2D eigenvalue weighted by atomic mass is 35.5. The lowest BCUT2D eigenvalue weighted by Crippen LogP contribution is -2.33. The van der Waals surface area contributed by atoms with Crippen LogP contribution in [0.1, 0.15) is 34.1 Å². The van der Waals surface area contributed by atoms with E-state index in [9.17, 15) is 0 Å². The van der Waals surface area contributed by atoms with Gasteiger partial charge in [-0.15, -0.1) is 0 Å². The Bertz CT molecular complexity index is 409. The van der Waals surface area contributed by atoms with Crippen LogP contribution in [-0.4, -0.2) is 45.3 Å². The lowest BCUT2D eigenvalue weighted by molar-refractivity contribution is 0.260. The topological polar surface area (TPSA) is 74.2 Å². The zero-order chi connectivity index (χ0) is 14.5. The summed E-state index contributed by atoms with van der Waals surface area (Å²) in [5, 5.41) is 12.4. The third-order valence-corrected chi connectivity index (χ3v) is 3.00. The van der Waals surface area contributed by atoms with Crippen LogP contribution in [0.2, 0.25) is 5.28 Å². The van der Waals surface area contributed by atoms with E-state index in [1.54, 1.807) is 0 Å². The first-order chi connectivity index (χ1) is 8.91. The maximum Gasteiger partial charge on any atom is 0.231 e. The molecular formula is C12H22ClN5O. The van der Waals surface area contributed by atoms with Gasteiger partial charge in [-0.1, -0.05) is 0 Å². The Morgan fingerprint density at radius 1 is 1.21 bits per heavy atom. The molecule has 7 heteroatoms. The van der Waals surface area contributed by atoms with E-state index in [-0.39, 0.29) is 17.4 Å². The van der Waals surface area contributed by atoms with Crippen molar-refractivity contribution in [3.8, 4) is 0 Å². The predicted molar refractivity (Wildman–Crippen MR) is 77.8 cm³/mol. The van der Waals surface area contributed by atoms with Crippen LogP contribution >= 0.6 is 11.6 Å². The van der Waals surface area contributed by atoms with Gasteiger partial charge >= 0.3 is 0 Å². The molecule has 19 heavy (non-hydrogen) atoms. The summed E-state index contributed by atoms with van der Waals surface area (Å²) in [4.78, 5) is 14.6. The number of anilines is 2. The predicted octanol–water partition coefficient (Wildman–Crippen LogP) is 1.94. The Morgan fingerprint density at radius 2 is 1.84 bits per heavy atom. The van der Waals surface area contributed by atoms with Crippen molar-refractivity contribution in [2.24, 2.45) is 0 Å². The molecule has 0 saturated carbocycles. The van der Waals surface area contributed by atoms with Crippen LogP contribution < -0.4 is 10.2 Å². The molecule has 0 fully saturated rings. The van der Waals surface area contributed by atoms with Crippen LogP contribution in [0.5, 0.6) is 0 Å². The molecule has 1 aromatic heterocycles. The highest BCUT2D eigenvalue weighted by Gasteiger charge is 2.19. The van der Waals surface area contributed by atoms with Crippen molar-refractivity contribution in [1.82, 2.24) is 15.0 Å². The van der Waals surface area contributed by atoms with Crippen molar-refractivity contribution in [1.29, 1.82) is 0 Å². The molecule has 1 aromatic rings. The molecular weight excluding hydrogens is 266 g/mol. The summed E-state index contributed by atoms with van der Waals surface area (Å²) in [5.74, 6) is 0.993. The number of aliphatic hydroxyl groups excluding tert-OH is 1. The second-order valence-corrected chi connectivity index (χ2v) is 5.22. The summed E-state index contributed by atoms with van der Waals surface area (Å²) >= 11 is 5.94. The molecule has 0 bridgehead atoms. The fraction of sp³-hybridized carbons (Fsp3) is 0.750. The molecule has 1 heterocycles. The summed E-state index contributed by atoms with van der Waals surface area (Å²) in [6, 6.07) is 0. The Labute approximate surface area is 119 Å². The summed E-state index contributed by atoms with van der Waals surface area (Å²) < 4.78 is 0. The molecule has 0 amide bonds. The van der Waals surface area contributed by atoms with Crippen molar-refractivity contribution in [2.75, 3.05) is 29.9 Å². The number of aromatic nitrogens is 3. The first-order valence-electron chi connectivity index (χ1n) is 6.47. The van der Waals surface area contributed by atoms with E-state index in [0.717, 1.165) is 13.1 Å². The van der Waals surface area contributed by atoms with Gasteiger partial charge < -0.3 is 15.3 Å². The minimum Gasteiger partial charge on any atom is -0.396 e. The highest BCUT2D eigenvalue weighted by Crippen LogP contribution is 2.18. The van der Waals surface area contributed by atoms with Gasteiger partial charge in [0.1, 0.15) is 0 Å². The van der Waals surface area contributed by atoms with Crippen LogP contribution in [0.3, 0.4) is 0 Å². The first-order valence-corrected chi connectivity index (χ1v) is 6.85. The normalized spacial score (nSPS) is 11.5. The Balaban J connectivity index is 2.96. The van der Waals surface area contributed by atoms with E-state index in [2.05, 4.69) is 20.3 Å². The van der Waals surface area contributed by atoms with Crippen molar-refractivity contribution >= 4 is 23.5 Å². The number of hydrogen-bond acceptors (Lipinski definition) is 6. The molecule has 0 aliphatic carbocycles. The maximum atomic E-state index is 9.03. The monoisotopic (exact) mass is 287 g/mol. The van der Waals surface area contributed by atoms with Gasteiger partial charge in [0.25, 0.3) is 0 Å². The number of rotatable bonds is 7. The molecule has 0 saturated heterocycles. The fourth-order valence-corrected chi connectivity index (χ4v) is 1.84. The van der Waals surface area contributed by atoms with Gasteiger partial charge in [-0.3, -0.25) is 0 Å². The van der Waals surface area contributed by atoms with E-state index < -0.39 is 0 Å². The average molecular weight is 288 g/mol. The third-order valence-electron chi connectivity index (χ3n) is 2.83. The van der Waals surface area contributed by atoms with Gasteiger partial charge in [-0.25, -0.2) is 0 Å². The molecule has 2 N–H and O–H groups in total. The van der Waals surface area contributed by atoms with E-state index in [1.165, 1.54) is 0 Å². The van der Waals surface area contributed by atoms with E-state index in [0.29, 0.717) is 18.3 Å². The number of halogens is 1. The van der Waals surface area contributed by atoms with Crippen LogP contribution in [-0.2, 0) is 0 Å². The van der Waals surface area contributed by atoms with Crippen molar-refractivity contribution < 1.29 is 5.11 Å². The molecule has 6 nitrogen and oxygen atoms in total. The summed E-state index contributed by atoms with van der Waals surface area (Å²) in [5.41, 5.74) is -0.306. The van der Waals surface area contributed by atoms with Crippen LogP contribution in [0.25, 0.3) is 0 Å². The Morgan fingerprint density at radius 3 is 2.37 bits per heavy atom. The smallest absolute Gasteiger partial charge is 0.231 e. The molecule has 0 spiro atoms. The molecule has 0 aliphatic rings. The summed E-state index contributed by atoms with van der Waals surface area (Å²) in [6.45, 7) is 9.71. The second-order valence-electron chi connectivity index (χ2n) is 4.88. The Kier molecular flexibility index (Phi) is 5.75. The molecule has 0 radical (unpaired) electrons. The zero-order valence-corrected chi connectivity index (χ0v) is 12.7. The first kappa shape index (κ1) is 15.9. The number of aliphatic hydroxyl groups is 1. The zero-order valence-electron chi connectivity index (χ0n) is 11.9.